The fourth-order valence-corrected chi connectivity index (χ4v) is 5.77. The number of aryl methyl sites for hydroxylation is 3. The first-order valence-corrected chi connectivity index (χ1v) is 11.7. The molecular weight excluding hydrogens is 451 g/mol. The van der Waals surface area contributed by atoms with Gasteiger partial charge in [0, 0.05) is 27.1 Å². The molecule has 1 aromatic carbocycles. The topological polar surface area (TPSA) is 59.4 Å². The highest BCUT2D eigenvalue weighted by Gasteiger charge is 2.35. The van der Waals surface area contributed by atoms with E-state index in [1.807, 2.05) is 0 Å². The molecule has 4 nitrogen and oxygen atoms in total. The Morgan fingerprint density at radius 3 is 2.33 bits per heavy atom. The first-order chi connectivity index (χ1) is 15.4. The second-order valence-electron chi connectivity index (χ2n) is 9.40. The Morgan fingerprint density at radius 2 is 1.76 bits per heavy atom. The van der Waals surface area contributed by atoms with Crippen LogP contribution in [0.25, 0.3) is 21.3 Å². The molecule has 3 aromatic rings. The fraction of sp³-hybridized carbons (Fsp3) is 0.440. The van der Waals surface area contributed by atoms with Crippen molar-refractivity contribution < 1.29 is 27.8 Å². The van der Waals surface area contributed by atoms with E-state index in [9.17, 15) is 23.1 Å². The van der Waals surface area contributed by atoms with Crippen molar-refractivity contribution in [3.63, 3.8) is 0 Å². The van der Waals surface area contributed by atoms with Crippen LogP contribution in [-0.4, -0.2) is 21.7 Å². The van der Waals surface area contributed by atoms with Gasteiger partial charge in [-0.25, -0.2) is 9.78 Å². The van der Waals surface area contributed by atoms with Gasteiger partial charge in [0.05, 0.1) is 11.2 Å². The standard InChI is InChI=1S/C25H26F3NO3S/c1-13-18(21(23(30)31)32-24(2,3)4)19(14-9-11-15(12-10-14)25(26,27)28)20-16-7-5-6-8-17(16)33-22(20)29-13/h9-12,21H,5-8H2,1-4H3,(H,30,31). The number of fused-ring (bicyclic) bond motifs is 3. The van der Waals surface area contributed by atoms with Gasteiger partial charge in [-0.3, -0.25) is 0 Å². The summed E-state index contributed by atoms with van der Waals surface area (Å²) in [5, 5.41) is 10.9. The number of benzene rings is 1. The van der Waals surface area contributed by atoms with Gasteiger partial charge in [0.25, 0.3) is 0 Å². The van der Waals surface area contributed by atoms with Crippen molar-refractivity contribution in [2.24, 2.45) is 0 Å². The Bertz CT molecular complexity index is 1210. The van der Waals surface area contributed by atoms with Gasteiger partial charge in [0.2, 0.25) is 0 Å². The Hall–Kier alpha value is -2.45. The van der Waals surface area contributed by atoms with Crippen LogP contribution in [0.1, 0.15) is 67.0 Å². The molecule has 0 spiro atoms. The van der Waals surface area contributed by atoms with Gasteiger partial charge >= 0.3 is 12.1 Å². The summed E-state index contributed by atoms with van der Waals surface area (Å²) >= 11 is 1.59. The Labute approximate surface area is 194 Å². The average Bonchev–Trinajstić information content (AvgIpc) is 3.07. The fourth-order valence-electron chi connectivity index (χ4n) is 4.45. The smallest absolute Gasteiger partial charge is 0.416 e. The molecule has 1 unspecified atom stereocenters. The number of thiophene rings is 1. The SMILES string of the molecule is Cc1nc2sc3c(c2c(-c2ccc(C(F)(F)F)cc2)c1C(OC(C)(C)C)C(=O)O)CCCC3. The summed E-state index contributed by atoms with van der Waals surface area (Å²) in [6, 6.07) is 4.92. The minimum Gasteiger partial charge on any atom is -0.479 e. The molecule has 1 aliphatic carbocycles. The first-order valence-electron chi connectivity index (χ1n) is 10.9. The van der Waals surface area contributed by atoms with Crippen molar-refractivity contribution in [3.05, 3.63) is 51.5 Å². The van der Waals surface area contributed by atoms with Crippen LogP contribution < -0.4 is 0 Å². The molecule has 8 heteroatoms. The van der Waals surface area contributed by atoms with E-state index < -0.39 is 29.4 Å². The lowest BCUT2D eigenvalue weighted by atomic mass is 9.87. The molecule has 0 radical (unpaired) electrons. The van der Waals surface area contributed by atoms with Crippen LogP contribution >= 0.6 is 11.3 Å². The van der Waals surface area contributed by atoms with Gasteiger partial charge < -0.3 is 9.84 Å². The van der Waals surface area contributed by atoms with E-state index >= 15 is 0 Å². The van der Waals surface area contributed by atoms with Crippen molar-refractivity contribution in [1.82, 2.24) is 4.98 Å². The average molecular weight is 478 g/mol. The third-order valence-electron chi connectivity index (χ3n) is 5.79. The number of carboxylic acids is 1. The predicted octanol–water partition coefficient (Wildman–Crippen LogP) is 7.11. The lowest BCUT2D eigenvalue weighted by Gasteiger charge is -2.28. The molecule has 1 atom stereocenters. The molecule has 0 amide bonds. The van der Waals surface area contributed by atoms with E-state index in [2.05, 4.69) is 0 Å². The lowest BCUT2D eigenvalue weighted by Crippen LogP contribution is -2.28. The first kappa shape index (κ1) is 23.7. The number of carboxylic acid groups (broad SMARTS) is 1. The highest BCUT2D eigenvalue weighted by molar-refractivity contribution is 7.19. The van der Waals surface area contributed by atoms with Gasteiger partial charge in [-0.05, 0) is 76.6 Å². The summed E-state index contributed by atoms with van der Waals surface area (Å²) in [6.45, 7) is 7.06. The van der Waals surface area contributed by atoms with E-state index in [0.717, 1.165) is 53.6 Å². The van der Waals surface area contributed by atoms with E-state index in [-0.39, 0.29) is 0 Å². The van der Waals surface area contributed by atoms with Crippen molar-refractivity contribution in [3.8, 4) is 11.1 Å². The Balaban J connectivity index is 2.05. The predicted molar refractivity (Wildman–Crippen MR) is 123 cm³/mol. The van der Waals surface area contributed by atoms with Gasteiger partial charge in [0.15, 0.2) is 6.10 Å². The second kappa shape index (κ2) is 8.40. The van der Waals surface area contributed by atoms with E-state index in [4.69, 9.17) is 9.72 Å². The van der Waals surface area contributed by atoms with Gasteiger partial charge in [0.1, 0.15) is 4.83 Å². The maximum Gasteiger partial charge on any atom is 0.416 e. The zero-order valence-electron chi connectivity index (χ0n) is 19.0. The van der Waals surface area contributed by atoms with Crippen molar-refractivity contribution in [2.75, 3.05) is 0 Å². The van der Waals surface area contributed by atoms with Crippen molar-refractivity contribution in [1.29, 1.82) is 0 Å². The summed E-state index contributed by atoms with van der Waals surface area (Å²) in [5.41, 5.74) is 1.68. The minimum absolute atomic E-state index is 0.399. The molecule has 33 heavy (non-hydrogen) atoms. The molecule has 1 aliphatic rings. The number of nitrogens with zero attached hydrogens (tertiary/aromatic N) is 1. The number of aromatic nitrogens is 1. The Morgan fingerprint density at radius 1 is 1.12 bits per heavy atom. The molecule has 0 fully saturated rings. The second-order valence-corrected chi connectivity index (χ2v) is 10.5. The molecule has 1 N–H and O–H groups in total. The van der Waals surface area contributed by atoms with Crippen LogP contribution in [0, 0.1) is 6.92 Å². The third kappa shape index (κ3) is 4.64. The van der Waals surface area contributed by atoms with Crippen molar-refractivity contribution in [2.45, 2.75) is 71.3 Å². The highest BCUT2D eigenvalue weighted by atomic mass is 32.1. The molecule has 176 valence electrons. The van der Waals surface area contributed by atoms with Crippen LogP contribution in [0.5, 0.6) is 0 Å². The maximum absolute atomic E-state index is 13.2. The molecule has 0 saturated heterocycles. The maximum atomic E-state index is 13.2. The highest BCUT2D eigenvalue weighted by Crippen LogP contribution is 2.46. The van der Waals surface area contributed by atoms with Gasteiger partial charge in [-0.15, -0.1) is 11.3 Å². The van der Waals surface area contributed by atoms with Crippen molar-refractivity contribution >= 4 is 27.5 Å². The normalized spacial score (nSPS) is 15.5. The van der Waals surface area contributed by atoms with Gasteiger partial charge in [-0.1, -0.05) is 12.1 Å². The number of aliphatic carboxylic acids is 1. The summed E-state index contributed by atoms with van der Waals surface area (Å²) in [7, 11) is 0. The largest absolute Gasteiger partial charge is 0.479 e. The number of hydrogen-bond donors (Lipinski definition) is 1. The quantitative estimate of drug-likeness (QED) is 0.435. The zero-order valence-corrected chi connectivity index (χ0v) is 19.8. The number of rotatable bonds is 4. The summed E-state index contributed by atoms with van der Waals surface area (Å²) in [5.74, 6) is -1.16. The van der Waals surface area contributed by atoms with E-state index in [1.165, 1.54) is 17.0 Å². The minimum atomic E-state index is -4.45. The lowest BCUT2D eigenvalue weighted by molar-refractivity contribution is -0.160. The van der Waals surface area contributed by atoms with Gasteiger partial charge in [-0.2, -0.15) is 13.2 Å². The van der Waals surface area contributed by atoms with E-state index in [1.54, 1.807) is 39.0 Å². The van der Waals surface area contributed by atoms with Crippen LogP contribution in [-0.2, 0) is 28.5 Å². The molecule has 0 saturated carbocycles. The van der Waals surface area contributed by atoms with Crippen LogP contribution in [0.15, 0.2) is 24.3 Å². The number of alkyl halides is 3. The van der Waals surface area contributed by atoms with E-state index in [0.29, 0.717) is 22.4 Å². The molecule has 0 bridgehead atoms. The van der Waals surface area contributed by atoms with Crippen LogP contribution in [0.2, 0.25) is 0 Å². The monoisotopic (exact) mass is 477 g/mol. The number of halogens is 3. The zero-order chi connectivity index (χ0) is 24.1. The Kier molecular flexibility index (Phi) is 6.03. The molecule has 2 heterocycles. The summed E-state index contributed by atoms with van der Waals surface area (Å²) in [6.07, 6.45) is -1.91. The van der Waals surface area contributed by atoms with Crippen LogP contribution in [0.3, 0.4) is 0 Å². The molecule has 2 aromatic heterocycles. The third-order valence-corrected chi connectivity index (χ3v) is 6.98. The summed E-state index contributed by atoms with van der Waals surface area (Å²) in [4.78, 5) is 19.1. The molecule has 4 rings (SSSR count). The molecular formula is C25H26F3NO3S. The number of hydrogen-bond acceptors (Lipinski definition) is 4. The number of carbonyl (C=O) groups is 1. The van der Waals surface area contributed by atoms with Crippen LogP contribution in [0.4, 0.5) is 13.2 Å². The summed E-state index contributed by atoms with van der Waals surface area (Å²) < 4.78 is 45.6. The number of pyridine rings is 1. The molecule has 0 aliphatic heterocycles. The number of ether oxygens (including phenoxy) is 1.